The lowest BCUT2D eigenvalue weighted by molar-refractivity contribution is 0.363. The maximum atomic E-state index is 11.2. The van der Waals surface area contributed by atoms with Gasteiger partial charge in [-0.3, -0.25) is 4.21 Å². The monoisotopic (exact) mass is 304 g/mol. The molecule has 0 N–H and O–H groups in total. The number of hydrogen-bond donors (Lipinski definition) is 0. The van der Waals surface area contributed by atoms with E-state index in [2.05, 4.69) is 27.7 Å². The lowest BCUT2D eigenvalue weighted by Crippen LogP contribution is -2.28. The molecule has 0 saturated heterocycles. The van der Waals surface area contributed by atoms with Crippen LogP contribution in [0, 0.1) is 11.8 Å². The normalized spacial score (nSPS) is 13.6. The Morgan fingerprint density at radius 3 is 1.50 bits per heavy atom. The van der Waals surface area contributed by atoms with Gasteiger partial charge < -0.3 is 4.55 Å². The van der Waals surface area contributed by atoms with Crippen LogP contribution in [0.5, 0.6) is 0 Å². The molecule has 0 aromatic carbocycles. The fraction of sp³-hybridized carbons (Fsp3) is 1.00. The van der Waals surface area contributed by atoms with Gasteiger partial charge in [0.25, 0.3) is 0 Å². The summed E-state index contributed by atoms with van der Waals surface area (Å²) in [4.78, 5) is 0. The number of hydrogen-bond acceptors (Lipinski definition) is 2. The average molecular weight is 305 g/mol. The predicted octanol–water partition coefficient (Wildman–Crippen LogP) is 4.52. The van der Waals surface area contributed by atoms with Crippen LogP contribution in [-0.4, -0.2) is 26.2 Å². The van der Waals surface area contributed by atoms with E-state index < -0.39 is 11.3 Å². The van der Waals surface area contributed by atoms with Gasteiger partial charge in [0, 0.05) is 24.4 Å². The van der Waals surface area contributed by atoms with Gasteiger partial charge >= 0.3 is 0 Å². The Hall–Kier alpha value is 0.0700. The van der Waals surface area contributed by atoms with Gasteiger partial charge in [-0.25, -0.2) is 4.31 Å². The highest BCUT2D eigenvalue weighted by molar-refractivity contribution is 7.76. The molecular formula is C16H34NO2S-. The van der Waals surface area contributed by atoms with Crippen LogP contribution in [0.1, 0.15) is 79.1 Å². The molecule has 0 aromatic rings. The zero-order valence-electron chi connectivity index (χ0n) is 13.9. The molecule has 1 atom stereocenters. The van der Waals surface area contributed by atoms with E-state index in [9.17, 15) is 8.76 Å². The molecular weight excluding hydrogens is 270 g/mol. The van der Waals surface area contributed by atoms with E-state index in [4.69, 9.17) is 0 Å². The molecule has 0 amide bonds. The SMILES string of the molecule is CC(C)CCCCCN(CCCCCC(C)C)S(=O)[O-]. The van der Waals surface area contributed by atoms with Crippen molar-refractivity contribution in [2.75, 3.05) is 13.1 Å². The van der Waals surface area contributed by atoms with Crippen LogP contribution < -0.4 is 0 Å². The topological polar surface area (TPSA) is 43.4 Å². The van der Waals surface area contributed by atoms with Crippen LogP contribution in [0.4, 0.5) is 0 Å². The van der Waals surface area contributed by atoms with Crippen molar-refractivity contribution < 1.29 is 8.76 Å². The first kappa shape index (κ1) is 20.1. The van der Waals surface area contributed by atoms with Crippen molar-refractivity contribution in [3.63, 3.8) is 0 Å². The molecule has 20 heavy (non-hydrogen) atoms. The van der Waals surface area contributed by atoms with Gasteiger partial charge in [-0.2, -0.15) is 0 Å². The van der Waals surface area contributed by atoms with Crippen molar-refractivity contribution in [3.8, 4) is 0 Å². The van der Waals surface area contributed by atoms with Gasteiger partial charge in [-0.05, 0) is 24.7 Å². The Balaban J connectivity index is 3.64. The fourth-order valence-electron chi connectivity index (χ4n) is 2.30. The van der Waals surface area contributed by atoms with Crippen molar-refractivity contribution in [2.45, 2.75) is 79.1 Å². The van der Waals surface area contributed by atoms with Crippen LogP contribution in [0.25, 0.3) is 0 Å². The van der Waals surface area contributed by atoms with Gasteiger partial charge in [0.2, 0.25) is 0 Å². The summed E-state index contributed by atoms with van der Waals surface area (Å²) in [5.41, 5.74) is 0. The highest BCUT2D eigenvalue weighted by atomic mass is 32.2. The number of nitrogens with zero attached hydrogens (tertiary/aromatic N) is 1. The molecule has 0 aliphatic heterocycles. The molecule has 1 unspecified atom stereocenters. The molecule has 0 aromatic heterocycles. The van der Waals surface area contributed by atoms with Gasteiger partial charge in [0.15, 0.2) is 0 Å². The molecule has 0 bridgehead atoms. The molecule has 0 fully saturated rings. The van der Waals surface area contributed by atoms with Crippen LogP contribution in [0.2, 0.25) is 0 Å². The van der Waals surface area contributed by atoms with E-state index in [0.717, 1.165) is 37.5 Å². The zero-order valence-corrected chi connectivity index (χ0v) is 14.7. The Bertz CT molecular complexity index is 227. The molecule has 122 valence electrons. The Morgan fingerprint density at radius 2 is 1.20 bits per heavy atom. The van der Waals surface area contributed by atoms with Gasteiger partial charge in [-0.15, -0.1) is 0 Å². The highest BCUT2D eigenvalue weighted by Gasteiger charge is 2.05. The van der Waals surface area contributed by atoms with Crippen LogP contribution >= 0.6 is 0 Å². The van der Waals surface area contributed by atoms with Crippen molar-refractivity contribution in [3.05, 3.63) is 0 Å². The first-order chi connectivity index (χ1) is 9.43. The van der Waals surface area contributed by atoms with Crippen molar-refractivity contribution in [2.24, 2.45) is 11.8 Å². The van der Waals surface area contributed by atoms with Gasteiger partial charge in [-0.1, -0.05) is 66.2 Å². The Kier molecular flexibility index (Phi) is 12.8. The molecule has 3 nitrogen and oxygen atoms in total. The highest BCUT2D eigenvalue weighted by Crippen LogP contribution is 2.11. The lowest BCUT2D eigenvalue weighted by atomic mass is 10.1. The van der Waals surface area contributed by atoms with E-state index in [0.29, 0.717) is 13.1 Å². The second kappa shape index (κ2) is 12.8. The van der Waals surface area contributed by atoms with Crippen molar-refractivity contribution >= 4 is 11.3 Å². The van der Waals surface area contributed by atoms with E-state index >= 15 is 0 Å². The second-order valence-corrected chi connectivity index (χ2v) is 7.58. The lowest BCUT2D eigenvalue weighted by Gasteiger charge is -2.24. The zero-order chi connectivity index (χ0) is 15.4. The molecule has 0 heterocycles. The Labute approximate surface area is 128 Å². The van der Waals surface area contributed by atoms with E-state index in [1.807, 2.05) is 0 Å². The van der Waals surface area contributed by atoms with E-state index in [1.54, 1.807) is 4.31 Å². The van der Waals surface area contributed by atoms with E-state index in [-0.39, 0.29) is 0 Å². The third-order valence-electron chi connectivity index (χ3n) is 3.59. The van der Waals surface area contributed by atoms with Crippen molar-refractivity contribution in [1.29, 1.82) is 0 Å². The third-order valence-corrected chi connectivity index (χ3v) is 4.38. The average Bonchev–Trinajstić information content (AvgIpc) is 2.34. The maximum absolute atomic E-state index is 11.2. The molecule has 0 spiro atoms. The first-order valence-electron chi connectivity index (χ1n) is 8.27. The minimum Gasteiger partial charge on any atom is -0.760 e. The van der Waals surface area contributed by atoms with Gasteiger partial charge in [0.05, 0.1) is 0 Å². The second-order valence-electron chi connectivity index (χ2n) is 6.63. The molecule has 0 aliphatic carbocycles. The van der Waals surface area contributed by atoms with Crippen LogP contribution in [0.3, 0.4) is 0 Å². The fourth-order valence-corrected chi connectivity index (χ4v) is 2.85. The molecule has 0 rings (SSSR count). The van der Waals surface area contributed by atoms with Crippen LogP contribution in [-0.2, 0) is 11.3 Å². The number of rotatable bonds is 13. The largest absolute Gasteiger partial charge is 0.760 e. The first-order valence-corrected chi connectivity index (χ1v) is 9.31. The predicted molar refractivity (Wildman–Crippen MR) is 87.1 cm³/mol. The summed E-state index contributed by atoms with van der Waals surface area (Å²) in [6.07, 6.45) is 9.18. The summed E-state index contributed by atoms with van der Waals surface area (Å²) < 4.78 is 23.9. The Morgan fingerprint density at radius 1 is 0.800 bits per heavy atom. The molecule has 0 saturated carbocycles. The standard InChI is InChI=1S/C16H35NO2S/c1-15(2)11-7-5-9-13-17(20(18)19)14-10-6-8-12-16(3)4/h15-16H,5-14H2,1-4H3,(H,18,19)/p-1. The van der Waals surface area contributed by atoms with Crippen LogP contribution in [0.15, 0.2) is 0 Å². The minimum absolute atomic E-state index is 0.693. The molecule has 0 aliphatic rings. The van der Waals surface area contributed by atoms with E-state index in [1.165, 1.54) is 25.7 Å². The quantitative estimate of drug-likeness (QED) is 0.371. The maximum Gasteiger partial charge on any atom is 0.0209 e. The molecule has 4 heteroatoms. The summed E-state index contributed by atoms with van der Waals surface area (Å²) in [5, 5.41) is 0. The summed E-state index contributed by atoms with van der Waals surface area (Å²) in [5.74, 6) is 1.50. The summed E-state index contributed by atoms with van der Waals surface area (Å²) in [6.45, 7) is 10.3. The smallest absolute Gasteiger partial charge is 0.0209 e. The summed E-state index contributed by atoms with van der Waals surface area (Å²) in [7, 11) is 0. The summed E-state index contributed by atoms with van der Waals surface area (Å²) in [6, 6.07) is 0. The number of unbranched alkanes of at least 4 members (excludes halogenated alkanes) is 4. The minimum atomic E-state index is -2.05. The third kappa shape index (κ3) is 13.1. The van der Waals surface area contributed by atoms with Crippen molar-refractivity contribution in [1.82, 2.24) is 4.31 Å². The van der Waals surface area contributed by atoms with Gasteiger partial charge in [0.1, 0.15) is 0 Å². The molecule has 0 radical (unpaired) electrons. The summed E-state index contributed by atoms with van der Waals surface area (Å²) >= 11 is -2.05.